The summed E-state index contributed by atoms with van der Waals surface area (Å²) < 4.78 is 0. The van der Waals surface area contributed by atoms with Crippen molar-refractivity contribution >= 4 is 5.91 Å². The highest BCUT2D eigenvalue weighted by Crippen LogP contribution is 2.04. The van der Waals surface area contributed by atoms with Crippen LogP contribution in [-0.2, 0) is 4.79 Å². The SMILES string of the molecule is CCC(=O)NCC(CC)CC. The second-order valence-electron chi connectivity index (χ2n) is 2.84. The Morgan fingerprint density at radius 2 is 1.82 bits per heavy atom. The molecule has 0 atom stereocenters. The van der Waals surface area contributed by atoms with E-state index in [0.717, 1.165) is 19.4 Å². The third-order valence-electron chi connectivity index (χ3n) is 2.06. The Bertz CT molecular complexity index is 108. The van der Waals surface area contributed by atoms with Crippen LogP contribution in [0.25, 0.3) is 0 Å². The van der Waals surface area contributed by atoms with Crippen molar-refractivity contribution < 1.29 is 4.79 Å². The van der Waals surface area contributed by atoms with Gasteiger partial charge in [0.25, 0.3) is 0 Å². The molecule has 0 spiro atoms. The topological polar surface area (TPSA) is 29.1 Å². The molecule has 0 rings (SSSR count). The van der Waals surface area contributed by atoms with Crippen molar-refractivity contribution in [1.29, 1.82) is 0 Å². The van der Waals surface area contributed by atoms with Gasteiger partial charge in [0.1, 0.15) is 0 Å². The van der Waals surface area contributed by atoms with Gasteiger partial charge in [-0.2, -0.15) is 0 Å². The lowest BCUT2D eigenvalue weighted by Gasteiger charge is -2.12. The normalized spacial score (nSPS) is 10.2. The van der Waals surface area contributed by atoms with Crippen LogP contribution in [0.5, 0.6) is 0 Å². The van der Waals surface area contributed by atoms with E-state index in [-0.39, 0.29) is 5.91 Å². The van der Waals surface area contributed by atoms with E-state index in [1.54, 1.807) is 0 Å². The number of nitrogens with one attached hydrogen (secondary N) is 1. The van der Waals surface area contributed by atoms with Crippen LogP contribution in [0, 0.1) is 5.92 Å². The highest BCUT2D eigenvalue weighted by Gasteiger charge is 2.03. The van der Waals surface area contributed by atoms with Gasteiger partial charge in [-0.1, -0.05) is 33.6 Å². The van der Waals surface area contributed by atoms with E-state index in [9.17, 15) is 4.79 Å². The number of carbonyl (C=O) groups is 1. The Labute approximate surface area is 69.4 Å². The molecule has 0 saturated carbocycles. The van der Waals surface area contributed by atoms with Gasteiger partial charge in [-0.3, -0.25) is 4.79 Å². The number of hydrogen-bond acceptors (Lipinski definition) is 1. The summed E-state index contributed by atoms with van der Waals surface area (Å²) in [6.07, 6.45) is 2.90. The number of amides is 1. The first-order valence-electron chi connectivity index (χ1n) is 4.51. The number of carbonyl (C=O) groups excluding carboxylic acids is 1. The fourth-order valence-corrected chi connectivity index (χ4v) is 0.961. The van der Waals surface area contributed by atoms with Crippen LogP contribution < -0.4 is 5.32 Å². The standard InChI is InChI=1S/C9H19NO/c1-4-8(5-2)7-10-9(11)6-3/h8H,4-7H2,1-3H3,(H,10,11). The quantitative estimate of drug-likeness (QED) is 0.649. The van der Waals surface area contributed by atoms with Crippen molar-refractivity contribution in [1.82, 2.24) is 5.32 Å². The maximum absolute atomic E-state index is 10.8. The number of rotatable bonds is 5. The van der Waals surface area contributed by atoms with Crippen LogP contribution in [0.1, 0.15) is 40.0 Å². The molecule has 11 heavy (non-hydrogen) atoms. The average molecular weight is 157 g/mol. The van der Waals surface area contributed by atoms with Gasteiger partial charge in [0.2, 0.25) is 5.91 Å². The summed E-state index contributed by atoms with van der Waals surface area (Å²) in [6.45, 7) is 7.04. The number of hydrogen-bond donors (Lipinski definition) is 1. The molecule has 0 saturated heterocycles. The predicted octanol–water partition coefficient (Wildman–Crippen LogP) is 1.95. The summed E-state index contributed by atoms with van der Waals surface area (Å²) in [5.41, 5.74) is 0. The monoisotopic (exact) mass is 157 g/mol. The van der Waals surface area contributed by atoms with Crippen molar-refractivity contribution in [2.24, 2.45) is 5.92 Å². The minimum absolute atomic E-state index is 0.164. The molecule has 0 aromatic rings. The summed E-state index contributed by atoms with van der Waals surface area (Å²) in [6, 6.07) is 0. The Morgan fingerprint density at radius 3 is 2.18 bits per heavy atom. The third kappa shape index (κ3) is 4.82. The van der Waals surface area contributed by atoms with Gasteiger partial charge in [0.15, 0.2) is 0 Å². The third-order valence-corrected chi connectivity index (χ3v) is 2.06. The minimum atomic E-state index is 0.164. The highest BCUT2D eigenvalue weighted by molar-refractivity contribution is 5.75. The zero-order chi connectivity index (χ0) is 8.69. The molecule has 0 heterocycles. The largest absolute Gasteiger partial charge is 0.356 e. The second kappa shape index (κ2) is 6.20. The van der Waals surface area contributed by atoms with Crippen molar-refractivity contribution in [3.63, 3.8) is 0 Å². The molecule has 0 fully saturated rings. The van der Waals surface area contributed by atoms with Crippen molar-refractivity contribution in [2.75, 3.05) is 6.54 Å². The van der Waals surface area contributed by atoms with Crippen LogP contribution in [0.2, 0.25) is 0 Å². The van der Waals surface area contributed by atoms with Crippen LogP contribution in [0.4, 0.5) is 0 Å². The fraction of sp³-hybridized carbons (Fsp3) is 0.889. The highest BCUT2D eigenvalue weighted by atomic mass is 16.1. The molecule has 0 aliphatic heterocycles. The lowest BCUT2D eigenvalue weighted by Crippen LogP contribution is -2.27. The first-order chi connectivity index (χ1) is 5.24. The lowest BCUT2D eigenvalue weighted by atomic mass is 10.0. The Kier molecular flexibility index (Phi) is 5.90. The van der Waals surface area contributed by atoms with Crippen LogP contribution >= 0.6 is 0 Å². The summed E-state index contributed by atoms with van der Waals surface area (Å²) in [7, 11) is 0. The zero-order valence-electron chi connectivity index (χ0n) is 7.81. The van der Waals surface area contributed by atoms with E-state index < -0.39 is 0 Å². The molecule has 0 aromatic carbocycles. The summed E-state index contributed by atoms with van der Waals surface area (Å²) in [5.74, 6) is 0.822. The van der Waals surface area contributed by atoms with Gasteiger partial charge in [-0.15, -0.1) is 0 Å². The smallest absolute Gasteiger partial charge is 0.219 e. The molecular weight excluding hydrogens is 138 g/mol. The minimum Gasteiger partial charge on any atom is -0.356 e. The maximum atomic E-state index is 10.8. The molecule has 1 N–H and O–H groups in total. The van der Waals surface area contributed by atoms with Crippen LogP contribution in [-0.4, -0.2) is 12.5 Å². The molecule has 2 heteroatoms. The first kappa shape index (κ1) is 10.5. The summed E-state index contributed by atoms with van der Waals surface area (Å²) in [4.78, 5) is 10.8. The second-order valence-corrected chi connectivity index (χ2v) is 2.84. The van der Waals surface area contributed by atoms with E-state index in [4.69, 9.17) is 0 Å². The average Bonchev–Trinajstić information content (AvgIpc) is 2.06. The van der Waals surface area contributed by atoms with Gasteiger partial charge in [-0.05, 0) is 5.92 Å². The van der Waals surface area contributed by atoms with Crippen molar-refractivity contribution in [3.8, 4) is 0 Å². The van der Waals surface area contributed by atoms with Crippen LogP contribution in [0.3, 0.4) is 0 Å². The lowest BCUT2D eigenvalue weighted by molar-refractivity contribution is -0.120. The van der Waals surface area contributed by atoms with Gasteiger partial charge < -0.3 is 5.32 Å². The summed E-state index contributed by atoms with van der Waals surface area (Å²) in [5, 5.41) is 2.90. The van der Waals surface area contributed by atoms with E-state index in [0.29, 0.717) is 12.3 Å². The molecule has 2 nitrogen and oxygen atoms in total. The molecule has 0 radical (unpaired) electrons. The zero-order valence-corrected chi connectivity index (χ0v) is 7.81. The van der Waals surface area contributed by atoms with Gasteiger partial charge >= 0.3 is 0 Å². The molecule has 0 aliphatic rings. The van der Waals surface area contributed by atoms with Crippen molar-refractivity contribution in [2.45, 2.75) is 40.0 Å². The van der Waals surface area contributed by atoms with E-state index >= 15 is 0 Å². The van der Waals surface area contributed by atoms with Gasteiger partial charge in [-0.25, -0.2) is 0 Å². The van der Waals surface area contributed by atoms with E-state index in [1.165, 1.54) is 0 Å². The van der Waals surface area contributed by atoms with Crippen molar-refractivity contribution in [3.05, 3.63) is 0 Å². The van der Waals surface area contributed by atoms with E-state index in [1.807, 2.05) is 6.92 Å². The first-order valence-corrected chi connectivity index (χ1v) is 4.51. The molecule has 0 aromatic heterocycles. The Balaban J connectivity index is 3.42. The fourth-order valence-electron chi connectivity index (χ4n) is 0.961. The summed E-state index contributed by atoms with van der Waals surface area (Å²) >= 11 is 0. The Morgan fingerprint density at radius 1 is 1.27 bits per heavy atom. The predicted molar refractivity (Wildman–Crippen MR) is 47.4 cm³/mol. The maximum Gasteiger partial charge on any atom is 0.219 e. The van der Waals surface area contributed by atoms with Crippen LogP contribution in [0.15, 0.2) is 0 Å². The van der Waals surface area contributed by atoms with Gasteiger partial charge in [0.05, 0.1) is 0 Å². The Hall–Kier alpha value is -0.530. The van der Waals surface area contributed by atoms with E-state index in [2.05, 4.69) is 19.2 Å². The molecule has 1 amide bonds. The molecular formula is C9H19NO. The molecule has 0 aliphatic carbocycles. The molecule has 0 unspecified atom stereocenters. The molecule has 0 bridgehead atoms. The van der Waals surface area contributed by atoms with Gasteiger partial charge in [0, 0.05) is 13.0 Å². The molecule has 66 valence electrons.